The first-order chi connectivity index (χ1) is 15.0. The van der Waals surface area contributed by atoms with Crippen LogP contribution in [0.3, 0.4) is 0 Å². The van der Waals surface area contributed by atoms with E-state index in [2.05, 4.69) is 20.5 Å². The average Bonchev–Trinajstić information content (AvgIpc) is 3.17. The molecule has 4 rings (SSSR count). The lowest BCUT2D eigenvalue weighted by atomic mass is 10.1. The maximum absolute atomic E-state index is 12.7. The van der Waals surface area contributed by atoms with Crippen LogP contribution in [0.15, 0.2) is 54.7 Å². The molecule has 0 bridgehead atoms. The van der Waals surface area contributed by atoms with Gasteiger partial charge >= 0.3 is 6.61 Å². The van der Waals surface area contributed by atoms with Gasteiger partial charge in [-0.2, -0.15) is 13.9 Å². The molecule has 1 aliphatic heterocycles. The number of halogens is 2. The fourth-order valence-electron chi connectivity index (χ4n) is 3.35. The van der Waals surface area contributed by atoms with E-state index in [0.717, 1.165) is 18.7 Å². The molecule has 0 spiro atoms. The van der Waals surface area contributed by atoms with E-state index < -0.39 is 6.61 Å². The molecule has 31 heavy (non-hydrogen) atoms. The van der Waals surface area contributed by atoms with Gasteiger partial charge in [-0.25, -0.2) is 4.68 Å². The van der Waals surface area contributed by atoms with Crippen molar-refractivity contribution in [2.75, 3.05) is 25.0 Å². The van der Waals surface area contributed by atoms with Gasteiger partial charge in [0.05, 0.1) is 29.7 Å². The molecule has 7 nitrogen and oxygen atoms in total. The molecule has 162 valence electrons. The van der Waals surface area contributed by atoms with E-state index in [-0.39, 0.29) is 17.8 Å². The highest BCUT2D eigenvalue weighted by Gasteiger charge is 2.17. The van der Waals surface area contributed by atoms with Crippen LogP contribution >= 0.6 is 0 Å². The van der Waals surface area contributed by atoms with Gasteiger partial charge in [-0.05, 0) is 48.9 Å². The molecule has 2 heterocycles. The van der Waals surface area contributed by atoms with E-state index in [4.69, 9.17) is 4.74 Å². The van der Waals surface area contributed by atoms with E-state index in [1.54, 1.807) is 25.3 Å². The molecule has 1 unspecified atom stereocenters. The first-order valence-corrected chi connectivity index (χ1v) is 9.85. The number of morpholine rings is 1. The monoisotopic (exact) mass is 428 g/mol. The zero-order chi connectivity index (χ0) is 21.8. The Balaban J connectivity index is 1.44. The molecule has 0 radical (unpaired) electrons. The maximum atomic E-state index is 12.7. The summed E-state index contributed by atoms with van der Waals surface area (Å²) < 4.78 is 36.2. The van der Waals surface area contributed by atoms with Gasteiger partial charge in [-0.1, -0.05) is 12.1 Å². The molecular weight excluding hydrogens is 406 g/mol. The molecule has 1 atom stereocenters. The third-order valence-corrected chi connectivity index (χ3v) is 4.94. The van der Waals surface area contributed by atoms with Crippen molar-refractivity contribution in [3.05, 3.63) is 71.5 Å². The molecule has 0 aliphatic carbocycles. The van der Waals surface area contributed by atoms with Gasteiger partial charge in [0.25, 0.3) is 5.91 Å². The zero-order valence-corrected chi connectivity index (χ0v) is 16.8. The molecule has 1 amide bonds. The zero-order valence-electron chi connectivity index (χ0n) is 16.8. The number of carbonyl (C=O) groups excluding carboxylic acids is 1. The summed E-state index contributed by atoms with van der Waals surface area (Å²) in [5, 5.41) is 10.5. The molecule has 1 aliphatic rings. The summed E-state index contributed by atoms with van der Waals surface area (Å²) in [7, 11) is 0. The lowest BCUT2D eigenvalue weighted by Crippen LogP contribution is -2.33. The molecule has 2 aromatic carbocycles. The van der Waals surface area contributed by atoms with Crippen LogP contribution in [0.4, 0.5) is 14.5 Å². The fraction of sp³-hybridized carbons (Fsp3) is 0.273. The minimum Gasteiger partial charge on any atom is -0.435 e. The normalized spacial score (nSPS) is 16.3. The Morgan fingerprint density at radius 1 is 1.23 bits per heavy atom. The molecule has 9 heteroatoms. The summed E-state index contributed by atoms with van der Waals surface area (Å²) in [6, 6.07) is 13.6. The fourth-order valence-corrected chi connectivity index (χ4v) is 3.35. The third kappa shape index (κ3) is 5.07. The van der Waals surface area contributed by atoms with Gasteiger partial charge in [0.1, 0.15) is 5.75 Å². The number of carbonyl (C=O) groups is 1. The molecule has 3 aromatic rings. The highest BCUT2D eigenvalue weighted by Crippen LogP contribution is 2.22. The Kier molecular flexibility index (Phi) is 6.24. The Morgan fingerprint density at radius 3 is 2.61 bits per heavy atom. The Labute approximate surface area is 178 Å². The Hall–Kier alpha value is -3.30. The summed E-state index contributed by atoms with van der Waals surface area (Å²) in [6.45, 7) is 1.14. The number of aromatic nitrogens is 2. The van der Waals surface area contributed by atoms with Crippen LogP contribution in [0.1, 0.15) is 27.7 Å². The smallest absolute Gasteiger partial charge is 0.387 e. The molecule has 2 N–H and O–H groups in total. The van der Waals surface area contributed by atoms with Gasteiger partial charge < -0.3 is 20.1 Å². The number of ether oxygens (including phenoxy) is 2. The molecule has 1 fully saturated rings. The summed E-state index contributed by atoms with van der Waals surface area (Å²) in [5.41, 5.74) is 3.29. The third-order valence-electron chi connectivity index (χ3n) is 4.94. The topological polar surface area (TPSA) is 77.4 Å². The number of nitrogens with one attached hydrogen (secondary N) is 2. The van der Waals surface area contributed by atoms with Crippen molar-refractivity contribution < 1.29 is 23.0 Å². The second kappa shape index (κ2) is 9.23. The number of amides is 1. The SMILES string of the molecule is Cc1nn(-c2ccc(OC(F)F)cc2)cc1C(=O)Nc1ccc(C2CNCCO2)cc1. The summed E-state index contributed by atoms with van der Waals surface area (Å²) in [5.74, 6) is -0.233. The van der Waals surface area contributed by atoms with Gasteiger partial charge in [0.15, 0.2) is 0 Å². The highest BCUT2D eigenvalue weighted by molar-refractivity contribution is 6.04. The number of nitrogens with zero attached hydrogens (tertiary/aromatic N) is 2. The molecule has 1 aromatic heterocycles. The van der Waals surface area contributed by atoms with Crippen LogP contribution < -0.4 is 15.4 Å². The van der Waals surface area contributed by atoms with Crippen LogP contribution in [0, 0.1) is 6.92 Å². The van der Waals surface area contributed by atoms with Crippen LogP contribution in [0.2, 0.25) is 0 Å². The van der Waals surface area contributed by atoms with E-state index >= 15 is 0 Å². The second-order valence-corrected chi connectivity index (χ2v) is 7.08. The van der Waals surface area contributed by atoms with E-state index in [0.29, 0.717) is 29.2 Å². The van der Waals surface area contributed by atoms with E-state index in [1.807, 2.05) is 24.3 Å². The van der Waals surface area contributed by atoms with Crippen LogP contribution in [-0.4, -0.2) is 42.0 Å². The number of aryl methyl sites for hydroxylation is 1. The number of alkyl halides is 2. The van der Waals surface area contributed by atoms with Crippen LogP contribution in [-0.2, 0) is 4.74 Å². The Morgan fingerprint density at radius 2 is 1.97 bits per heavy atom. The average molecular weight is 428 g/mol. The number of anilines is 1. The van der Waals surface area contributed by atoms with Crippen LogP contribution in [0.5, 0.6) is 5.75 Å². The number of benzene rings is 2. The largest absolute Gasteiger partial charge is 0.435 e. The van der Waals surface area contributed by atoms with Crippen molar-refractivity contribution in [1.29, 1.82) is 0 Å². The van der Waals surface area contributed by atoms with Crippen molar-refractivity contribution in [3.8, 4) is 11.4 Å². The Bertz CT molecular complexity index is 1030. The molecule has 1 saturated heterocycles. The first kappa shape index (κ1) is 21.0. The van der Waals surface area contributed by atoms with Gasteiger partial charge in [0.2, 0.25) is 0 Å². The standard InChI is InChI=1S/C22H22F2N4O3/c1-14-19(13-28(27-14)17-6-8-18(9-7-17)31-22(23)24)21(29)26-16-4-2-15(3-5-16)20-12-25-10-11-30-20/h2-9,13,20,22,25H,10-12H2,1H3,(H,26,29). The minimum atomic E-state index is -2.88. The van der Waals surface area contributed by atoms with E-state index in [1.165, 1.54) is 16.8 Å². The maximum Gasteiger partial charge on any atom is 0.387 e. The van der Waals surface area contributed by atoms with Crippen LogP contribution in [0.25, 0.3) is 5.69 Å². The van der Waals surface area contributed by atoms with Crippen molar-refractivity contribution in [3.63, 3.8) is 0 Å². The van der Waals surface area contributed by atoms with Crippen molar-refractivity contribution in [2.24, 2.45) is 0 Å². The summed E-state index contributed by atoms with van der Waals surface area (Å²) >= 11 is 0. The molecule has 0 saturated carbocycles. The van der Waals surface area contributed by atoms with Crippen molar-refractivity contribution >= 4 is 11.6 Å². The van der Waals surface area contributed by atoms with Gasteiger partial charge in [-0.3, -0.25) is 4.79 Å². The predicted molar refractivity (Wildman–Crippen MR) is 111 cm³/mol. The summed E-state index contributed by atoms with van der Waals surface area (Å²) in [4.78, 5) is 12.7. The predicted octanol–water partition coefficient (Wildman–Crippen LogP) is 3.70. The lowest BCUT2D eigenvalue weighted by Gasteiger charge is -2.24. The molecular formula is C22H22F2N4O3. The van der Waals surface area contributed by atoms with Crippen molar-refractivity contribution in [1.82, 2.24) is 15.1 Å². The van der Waals surface area contributed by atoms with Gasteiger partial charge in [0, 0.05) is 25.0 Å². The summed E-state index contributed by atoms with van der Waals surface area (Å²) in [6.07, 6.45) is 1.61. The lowest BCUT2D eigenvalue weighted by molar-refractivity contribution is -0.0498. The van der Waals surface area contributed by atoms with E-state index in [9.17, 15) is 13.6 Å². The number of hydrogen-bond acceptors (Lipinski definition) is 5. The number of rotatable bonds is 6. The quantitative estimate of drug-likeness (QED) is 0.626. The highest BCUT2D eigenvalue weighted by atomic mass is 19.3. The van der Waals surface area contributed by atoms with Crippen molar-refractivity contribution in [2.45, 2.75) is 19.6 Å². The first-order valence-electron chi connectivity index (χ1n) is 9.85. The second-order valence-electron chi connectivity index (χ2n) is 7.08. The number of hydrogen-bond donors (Lipinski definition) is 2. The van der Waals surface area contributed by atoms with Gasteiger partial charge in [-0.15, -0.1) is 0 Å². The minimum absolute atomic E-state index is 0.0106.